The molecule has 0 amide bonds. The average Bonchev–Trinajstić information content (AvgIpc) is 2.51. The van der Waals surface area contributed by atoms with Gasteiger partial charge in [-0.3, -0.25) is 0 Å². The number of alkyl halides is 1. The van der Waals surface area contributed by atoms with Gasteiger partial charge in [0, 0.05) is 23.8 Å². The molecule has 1 heterocycles. The number of aromatic nitrogens is 1. The number of hydrogen-bond donors (Lipinski definition) is 0. The lowest BCUT2D eigenvalue weighted by atomic mass is 10.3. The minimum atomic E-state index is 1.15. The Hall–Kier alpha value is -0.160. The molecule has 0 aliphatic heterocycles. The molecule has 3 heteroatoms. The summed E-state index contributed by atoms with van der Waals surface area (Å²) >= 11 is 4.33. The fraction of sp³-hybridized carbons (Fsp3) is 0.364. The third-order valence-electron chi connectivity index (χ3n) is 2.31. The highest BCUT2D eigenvalue weighted by atomic mass is 127. The van der Waals surface area contributed by atoms with E-state index in [1.165, 1.54) is 26.1 Å². The Bertz CT molecular complexity index is 436. The van der Waals surface area contributed by atoms with Gasteiger partial charge in [-0.15, -0.1) is 0 Å². The minimum absolute atomic E-state index is 1.15. The van der Waals surface area contributed by atoms with Crippen LogP contribution in [0.5, 0.6) is 0 Å². The Morgan fingerprint density at radius 2 is 2.14 bits per heavy atom. The summed E-state index contributed by atoms with van der Waals surface area (Å²) in [7, 11) is 0. The lowest BCUT2D eigenvalue weighted by Crippen LogP contribution is -2.35. The summed E-state index contributed by atoms with van der Waals surface area (Å²) in [5.74, 6) is 0. The second-order valence-corrected chi connectivity index (χ2v) is 5.60. The number of thiazole rings is 1. The van der Waals surface area contributed by atoms with Gasteiger partial charge in [-0.25, -0.2) is 0 Å². The molecule has 0 radical (unpaired) electrons. The standard InChI is InChI=1S/C11H13INS/c1-9-13(8-4-7-12)10-5-2-3-6-11(10)14-9/h2-3,5-6H,4,7-8H2,1H3/q+1. The van der Waals surface area contributed by atoms with Crippen molar-refractivity contribution in [2.75, 3.05) is 4.43 Å². The van der Waals surface area contributed by atoms with E-state index in [0.717, 1.165) is 6.54 Å². The number of fused-ring (bicyclic) bond motifs is 1. The van der Waals surface area contributed by atoms with Gasteiger partial charge in [-0.2, -0.15) is 4.57 Å². The first kappa shape index (κ1) is 10.4. The van der Waals surface area contributed by atoms with Gasteiger partial charge in [0.05, 0.1) is 0 Å². The average molecular weight is 318 g/mol. The van der Waals surface area contributed by atoms with Crippen molar-refractivity contribution in [3.63, 3.8) is 0 Å². The molecule has 14 heavy (non-hydrogen) atoms. The Kier molecular flexibility index (Phi) is 3.38. The van der Waals surface area contributed by atoms with Crippen LogP contribution in [0, 0.1) is 6.92 Å². The molecule has 0 aliphatic carbocycles. The van der Waals surface area contributed by atoms with E-state index in [1.54, 1.807) is 0 Å². The van der Waals surface area contributed by atoms with E-state index < -0.39 is 0 Å². The van der Waals surface area contributed by atoms with Crippen LogP contribution in [-0.4, -0.2) is 4.43 Å². The van der Waals surface area contributed by atoms with Crippen molar-refractivity contribution in [1.29, 1.82) is 0 Å². The monoisotopic (exact) mass is 318 g/mol. The number of rotatable bonds is 3. The molecular weight excluding hydrogens is 305 g/mol. The summed E-state index contributed by atoms with van der Waals surface area (Å²) in [5.41, 5.74) is 1.39. The van der Waals surface area contributed by atoms with Crippen LogP contribution < -0.4 is 4.57 Å². The highest BCUT2D eigenvalue weighted by Gasteiger charge is 2.14. The van der Waals surface area contributed by atoms with Crippen LogP contribution in [0.2, 0.25) is 0 Å². The highest BCUT2D eigenvalue weighted by Crippen LogP contribution is 2.19. The first-order valence-electron chi connectivity index (χ1n) is 4.77. The minimum Gasteiger partial charge on any atom is -0.186 e. The van der Waals surface area contributed by atoms with E-state index in [4.69, 9.17) is 0 Å². The predicted molar refractivity (Wildman–Crippen MR) is 70.3 cm³/mol. The lowest BCUT2D eigenvalue weighted by Gasteiger charge is -1.93. The molecule has 0 N–H and O–H groups in total. The zero-order valence-electron chi connectivity index (χ0n) is 8.16. The van der Waals surface area contributed by atoms with Crippen molar-refractivity contribution in [3.05, 3.63) is 29.3 Å². The van der Waals surface area contributed by atoms with Crippen molar-refractivity contribution in [2.45, 2.75) is 19.9 Å². The van der Waals surface area contributed by atoms with Gasteiger partial charge < -0.3 is 0 Å². The molecule has 2 rings (SSSR count). The van der Waals surface area contributed by atoms with Crippen LogP contribution >= 0.6 is 33.9 Å². The van der Waals surface area contributed by atoms with Gasteiger partial charge in [0.15, 0.2) is 6.54 Å². The molecule has 1 nitrogen and oxygen atoms in total. The normalized spacial score (nSPS) is 11.0. The Balaban J connectivity index is 2.45. The fourth-order valence-corrected chi connectivity index (χ4v) is 3.03. The van der Waals surface area contributed by atoms with Gasteiger partial charge in [-0.1, -0.05) is 46.1 Å². The maximum Gasteiger partial charge on any atom is 0.235 e. The molecule has 0 saturated carbocycles. The molecule has 0 atom stereocenters. The van der Waals surface area contributed by atoms with E-state index in [-0.39, 0.29) is 0 Å². The molecule has 0 saturated heterocycles. The topological polar surface area (TPSA) is 3.88 Å². The molecule has 1 aromatic heterocycles. The summed E-state index contributed by atoms with van der Waals surface area (Å²) in [6.07, 6.45) is 1.26. The summed E-state index contributed by atoms with van der Waals surface area (Å²) in [6, 6.07) is 8.65. The largest absolute Gasteiger partial charge is 0.235 e. The quantitative estimate of drug-likeness (QED) is 0.464. The zero-order chi connectivity index (χ0) is 9.97. The SMILES string of the molecule is Cc1sc2ccccc2[n+]1CCCI. The molecule has 2 aromatic rings. The maximum absolute atomic E-state index is 2.44. The van der Waals surface area contributed by atoms with Crippen LogP contribution in [0.3, 0.4) is 0 Å². The van der Waals surface area contributed by atoms with Crippen LogP contribution in [0.4, 0.5) is 0 Å². The van der Waals surface area contributed by atoms with Crippen LogP contribution in [0.1, 0.15) is 11.4 Å². The van der Waals surface area contributed by atoms with Gasteiger partial charge in [0.25, 0.3) is 0 Å². The summed E-state index contributed by atoms with van der Waals surface area (Å²) in [4.78, 5) is 0. The molecule has 0 spiro atoms. The van der Waals surface area contributed by atoms with Crippen molar-refractivity contribution in [3.8, 4) is 0 Å². The fourth-order valence-electron chi connectivity index (χ4n) is 1.65. The summed E-state index contributed by atoms with van der Waals surface area (Å²) in [6.45, 7) is 3.36. The third-order valence-corrected chi connectivity index (χ3v) is 4.15. The number of halogens is 1. The predicted octanol–water partition coefficient (Wildman–Crippen LogP) is 3.32. The number of nitrogens with zero attached hydrogens (tertiary/aromatic N) is 1. The third kappa shape index (κ3) is 1.93. The maximum atomic E-state index is 2.44. The van der Waals surface area contributed by atoms with Crippen molar-refractivity contribution in [1.82, 2.24) is 0 Å². The Morgan fingerprint density at radius 3 is 2.93 bits per heavy atom. The lowest BCUT2D eigenvalue weighted by molar-refractivity contribution is -0.672. The number of hydrogen-bond acceptors (Lipinski definition) is 1. The van der Waals surface area contributed by atoms with Crippen molar-refractivity contribution < 1.29 is 4.57 Å². The highest BCUT2D eigenvalue weighted by molar-refractivity contribution is 14.1. The van der Waals surface area contributed by atoms with Gasteiger partial charge in [-0.05, 0) is 6.07 Å². The first-order valence-corrected chi connectivity index (χ1v) is 7.11. The first-order chi connectivity index (χ1) is 6.83. The number of benzene rings is 1. The van der Waals surface area contributed by atoms with Gasteiger partial charge in [0.2, 0.25) is 10.5 Å². The van der Waals surface area contributed by atoms with Crippen LogP contribution in [0.25, 0.3) is 10.2 Å². The zero-order valence-corrected chi connectivity index (χ0v) is 11.1. The van der Waals surface area contributed by atoms with E-state index in [9.17, 15) is 0 Å². The van der Waals surface area contributed by atoms with Crippen molar-refractivity contribution in [2.24, 2.45) is 0 Å². The van der Waals surface area contributed by atoms with E-state index >= 15 is 0 Å². The van der Waals surface area contributed by atoms with Gasteiger partial charge >= 0.3 is 0 Å². The van der Waals surface area contributed by atoms with Crippen molar-refractivity contribution >= 4 is 44.1 Å². The molecule has 0 aliphatic rings. The summed E-state index contributed by atoms with van der Waals surface area (Å²) in [5, 5.41) is 1.41. The Labute approximate surface area is 102 Å². The second kappa shape index (κ2) is 4.57. The van der Waals surface area contributed by atoms with E-state index in [0.29, 0.717) is 0 Å². The number of para-hydroxylation sites is 1. The molecular formula is C11H13INS+. The Morgan fingerprint density at radius 1 is 1.36 bits per heavy atom. The van der Waals surface area contributed by atoms with E-state index in [2.05, 4.69) is 58.3 Å². The molecule has 0 fully saturated rings. The summed E-state index contributed by atoms with van der Waals surface area (Å²) < 4.78 is 5.06. The smallest absolute Gasteiger partial charge is 0.186 e. The number of aryl methyl sites for hydroxylation is 2. The molecule has 74 valence electrons. The molecule has 1 aromatic carbocycles. The van der Waals surface area contributed by atoms with Crippen LogP contribution in [-0.2, 0) is 6.54 Å². The molecule has 0 bridgehead atoms. The molecule has 0 unspecified atom stereocenters. The van der Waals surface area contributed by atoms with E-state index in [1.807, 2.05) is 11.3 Å². The van der Waals surface area contributed by atoms with Gasteiger partial charge in [0.1, 0.15) is 4.70 Å². The second-order valence-electron chi connectivity index (χ2n) is 3.28. The van der Waals surface area contributed by atoms with Crippen LogP contribution in [0.15, 0.2) is 24.3 Å².